The quantitative estimate of drug-likeness (QED) is 0.744. The van der Waals surface area contributed by atoms with Crippen molar-refractivity contribution in [3.63, 3.8) is 0 Å². The Morgan fingerprint density at radius 2 is 1.60 bits per heavy atom. The molecule has 2 atom stereocenters. The highest BCUT2D eigenvalue weighted by Crippen LogP contribution is 2.33. The van der Waals surface area contributed by atoms with Crippen LogP contribution in [0.5, 0.6) is 0 Å². The second-order valence-electron chi connectivity index (χ2n) is 8.60. The van der Waals surface area contributed by atoms with Gasteiger partial charge in [-0.1, -0.05) is 59.7 Å². The largest absolute Gasteiger partial charge is 0.445 e. The lowest BCUT2D eigenvalue weighted by atomic mass is 9.81. The molecule has 2 heterocycles. The van der Waals surface area contributed by atoms with Gasteiger partial charge in [0.2, 0.25) is 0 Å². The molecule has 4 rings (SSSR count). The van der Waals surface area contributed by atoms with Crippen LogP contribution in [0.15, 0.2) is 48.5 Å². The molecule has 158 valence electrons. The highest BCUT2D eigenvalue weighted by Gasteiger charge is 2.44. The summed E-state index contributed by atoms with van der Waals surface area (Å²) in [7, 11) is 0. The first-order valence-electron chi connectivity index (χ1n) is 10.7. The van der Waals surface area contributed by atoms with Crippen molar-refractivity contribution in [1.29, 1.82) is 0 Å². The van der Waals surface area contributed by atoms with E-state index in [0.717, 1.165) is 11.1 Å². The summed E-state index contributed by atoms with van der Waals surface area (Å²) in [6, 6.07) is 15.8. The number of Topliss-reactive ketones (excluding diaryl/α,β-unsaturated/α-hetero) is 1. The number of amides is 1. The zero-order chi connectivity index (χ0) is 21.1. The predicted molar refractivity (Wildman–Crippen MR) is 114 cm³/mol. The summed E-state index contributed by atoms with van der Waals surface area (Å²) in [5, 5.41) is 0. The Kier molecular flexibility index (Phi) is 6.18. The van der Waals surface area contributed by atoms with Crippen molar-refractivity contribution in [3.8, 4) is 0 Å². The number of rotatable bonds is 5. The van der Waals surface area contributed by atoms with E-state index < -0.39 is 0 Å². The van der Waals surface area contributed by atoms with Gasteiger partial charge in [0.15, 0.2) is 0 Å². The molecule has 2 aromatic rings. The molecule has 2 fully saturated rings. The average Bonchev–Trinajstić information content (AvgIpc) is 2.71. The number of aryl methyl sites for hydroxylation is 2. The summed E-state index contributed by atoms with van der Waals surface area (Å²) in [5.74, 6) is 0.220. The number of carbonyl (C=O) groups is 2. The van der Waals surface area contributed by atoms with E-state index in [2.05, 4.69) is 32.0 Å². The lowest BCUT2D eigenvalue weighted by Gasteiger charge is -2.47. The van der Waals surface area contributed by atoms with E-state index in [9.17, 15) is 9.59 Å². The summed E-state index contributed by atoms with van der Waals surface area (Å²) in [6.45, 7) is 5.30. The van der Waals surface area contributed by atoms with E-state index in [0.29, 0.717) is 32.5 Å². The maximum absolute atomic E-state index is 13.0. The van der Waals surface area contributed by atoms with Crippen LogP contribution in [0.4, 0.5) is 4.79 Å². The van der Waals surface area contributed by atoms with Crippen LogP contribution in [0.3, 0.4) is 0 Å². The summed E-state index contributed by atoms with van der Waals surface area (Å²) >= 11 is 0. The van der Waals surface area contributed by atoms with Gasteiger partial charge in [-0.25, -0.2) is 4.79 Å². The molecule has 0 saturated carbocycles. The van der Waals surface area contributed by atoms with Gasteiger partial charge in [-0.3, -0.25) is 9.69 Å². The maximum atomic E-state index is 13.0. The third-order valence-electron chi connectivity index (χ3n) is 6.05. The molecule has 2 aromatic carbocycles. The zero-order valence-electron chi connectivity index (χ0n) is 17.7. The summed E-state index contributed by atoms with van der Waals surface area (Å²) < 4.78 is 11.3. The number of nitrogens with zero attached hydrogens (tertiary/aromatic N) is 1. The molecule has 2 aliphatic rings. The number of morpholine rings is 1. The molecule has 0 aromatic heterocycles. The van der Waals surface area contributed by atoms with E-state index in [-0.39, 0.29) is 36.5 Å². The van der Waals surface area contributed by atoms with Crippen molar-refractivity contribution in [2.45, 2.75) is 51.8 Å². The molecule has 0 aliphatic carbocycles. The lowest BCUT2D eigenvalue weighted by molar-refractivity contribution is -0.130. The number of piperidine rings is 1. The molecule has 0 spiro atoms. The van der Waals surface area contributed by atoms with Crippen molar-refractivity contribution in [3.05, 3.63) is 70.8 Å². The predicted octanol–water partition coefficient (Wildman–Crippen LogP) is 4.23. The van der Waals surface area contributed by atoms with E-state index in [1.807, 2.05) is 35.2 Å². The number of hydrogen-bond donors (Lipinski definition) is 0. The van der Waals surface area contributed by atoms with E-state index in [1.54, 1.807) is 0 Å². The molecule has 0 N–H and O–H groups in total. The molecule has 2 unspecified atom stereocenters. The van der Waals surface area contributed by atoms with Gasteiger partial charge in [-0.15, -0.1) is 0 Å². The molecule has 1 amide bonds. The summed E-state index contributed by atoms with van der Waals surface area (Å²) in [6.07, 6.45) is 1.42. The molecule has 5 nitrogen and oxygen atoms in total. The molecule has 2 bridgehead atoms. The molecule has 2 saturated heterocycles. The van der Waals surface area contributed by atoms with Crippen molar-refractivity contribution in [2.24, 2.45) is 5.92 Å². The highest BCUT2D eigenvalue weighted by atomic mass is 16.6. The van der Waals surface area contributed by atoms with Gasteiger partial charge in [0.25, 0.3) is 0 Å². The van der Waals surface area contributed by atoms with Gasteiger partial charge in [0, 0.05) is 12.3 Å². The maximum Gasteiger partial charge on any atom is 0.410 e. The number of hydrogen-bond acceptors (Lipinski definition) is 4. The van der Waals surface area contributed by atoms with Crippen LogP contribution in [-0.4, -0.2) is 42.1 Å². The van der Waals surface area contributed by atoms with E-state index in [1.165, 1.54) is 11.1 Å². The second kappa shape index (κ2) is 9.00. The molecular weight excluding hydrogens is 378 g/mol. The van der Waals surface area contributed by atoms with Crippen LogP contribution in [0.2, 0.25) is 0 Å². The first-order chi connectivity index (χ1) is 14.5. The summed E-state index contributed by atoms with van der Waals surface area (Å²) in [5.41, 5.74) is 4.40. The van der Waals surface area contributed by atoms with Crippen LogP contribution >= 0.6 is 0 Å². The third kappa shape index (κ3) is 4.73. The highest BCUT2D eigenvalue weighted by molar-refractivity contribution is 5.84. The lowest BCUT2D eigenvalue weighted by Crippen LogP contribution is -2.60. The molecule has 0 radical (unpaired) electrons. The second-order valence-corrected chi connectivity index (χ2v) is 8.60. The number of fused-ring (bicyclic) bond motifs is 2. The Morgan fingerprint density at radius 1 is 0.967 bits per heavy atom. The van der Waals surface area contributed by atoms with Crippen LogP contribution in [0.25, 0.3) is 0 Å². The van der Waals surface area contributed by atoms with Gasteiger partial charge in [-0.05, 0) is 37.8 Å². The van der Waals surface area contributed by atoms with Crippen LogP contribution < -0.4 is 0 Å². The summed E-state index contributed by atoms with van der Waals surface area (Å²) in [4.78, 5) is 27.6. The monoisotopic (exact) mass is 407 g/mol. The zero-order valence-corrected chi connectivity index (χ0v) is 17.7. The number of ether oxygens (including phenoxy) is 2. The Labute approximate surface area is 178 Å². The standard InChI is InChI=1S/C25H29NO4/c1-17-8-18(2)10-20(9-17)11-24(27)21-12-22-15-29-16-23(13-21)26(22)25(28)30-14-19-6-4-3-5-7-19/h3-10,21-23H,11-16H2,1-2H3. The van der Waals surface area contributed by atoms with Crippen molar-refractivity contribution < 1.29 is 19.1 Å². The Hall–Kier alpha value is -2.66. The van der Waals surface area contributed by atoms with Gasteiger partial charge < -0.3 is 9.47 Å². The topological polar surface area (TPSA) is 55.8 Å². The molecule has 30 heavy (non-hydrogen) atoms. The SMILES string of the molecule is Cc1cc(C)cc(CC(=O)C2CC3COCC(C2)N3C(=O)OCc2ccccc2)c1. The number of carbonyl (C=O) groups excluding carboxylic acids is 2. The minimum Gasteiger partial charge on any atom is -0.445 e. The van der Waals surface area contributed by atoms with Gasteiger partial charge in [0.05, 0.1) is 25.3 Å². The Bertz CT molecular complexity index is 876. The minimum atomic E-state index is -0.308. The first-order valence-corrected chi connectivity index (χ1v) is 10.7. The first kappa shape index (κ1) is 20.6. The van der Waals surface area contributed by atoms with Crippen molar-refractivity contribution in [1.82, 2.24) is 4.90 Å². The van der Waals surface area contributed by atoms with Crippen molar-refractivity contribution >= 4 is 11.9 Å². The van der Waals surface area contributed by atoms with Crippen LogP contribution in [-0.2, 0) is 27.3 Å². The molecular formula is C25H29NO4. The molecule has 5 heteroatoms. The fourth-order valence-corrected chi connectivity index (χ4v) is 4.79. The van der Waals surface area contributed by atoms with E-state index in [4.69, 9.17) is 9.47 Å². The van der Waals surface area contributed by atoms with Crippen LogP contribution in [0, 0.1) is 19.8 Å². The fraction of sp³-hybridized carbons (Fsp3) is 0.440. The smallest absolute Gasteiger partial charge is 0.410 e. The van der Waals surface area contributed by atoms with Gasteiger partial charge >= 0.3 is 6.09 Å². The van der Waals surface area contributed by atoms with Gasteiger partial charge in [-0.2, -0.15) is 0 Å². The van der Waals surface area contributed by atoms with E-state index >= 15 is 0 Å². The normalized spacial score (nSPS) is 23.1. The molecule has 2 aliphatic heterocycles. The van der Waals surface area contributed by atoms with Crippen molar-refractivity contribution in [2.75, 3.05) is 13.2 Å². The average molecular weight is 408 g/mol. The number of benzene rings is 2. The van der Waals surface area contributed by atoms with Crippen LogP contribution in [0.1, 0.15) is 35.1 Å². The third-order valence-corrected chi connectivity index (χ3v) is 6.05. The Balaban J connectivity index is 1.39. The van der Waals surface area contributed by atoms with Gasteiger partial charge in [0.1, 0.15) is 12.4 Å². The minimum absolute atomic E-state index is 0.0390. The fourth-order valence-electron chi connectivity index (χ4n) is 4.79. The number of ketones is 1. The Morgan fingerprint density at radius 3 is 2.23 bits per heavy atom.